The van der Waals surface area contributed by atoms with Crippen LogP contribution in [-0.4, -0.2) is 21.0 Å². The second kappa shape index (κ2) is 5.79. The van der Waals surface area contributed by atoms with E-state index in [0.29, 0.717) is 18.4 Å². The lowest BCUT2D eigenvalue weighted by Gasteiger charge is -2.03. The summed E-state index contributed by atoms with van der Waals surface area (Å²) in [5.74, 6) is -0.198. The summed E-state index contributed by atoms with van der Waals surface area (Å²) in [5.41, 5.74) is 1.00. The molecular weight excluding hydrogens is 264 g/mol. The fraction of sp³-hybridized carbons (Fsp3) is 0.308. The largest absolute Gasteiger partial charge is 0.478 e. The molecular formula is C13H14N2O3S. The molecule has 19 heavy (non-hydrogen) atoms. The average molecular weight is 278 g/mol. The minimum absolute atomic E-state index is 0.142. The van der Waals surface area contributed by atoms with Gasteiger partial charge in [-0.25, -0.2) is 14.8 Å². The van der Waals surface area contributed by atoms with Crippen molar-refractivity contribution < 1.29 is 14.6 Å². The normalized spacial score (nSPS) is 10.7. The molecule has 0 spiro atoms. The van der Waals surface area contributed by atoms with E-state index in [1.165, 1.54) is 12.3 Å². The van der Waals surface area contributed by atoms with Crippen molar-refractivity contribution in [2.75, 3.05) is 0 Å². The van der Waals surface area contributed by atoms with Gasteiger partial charge in [-0.05, 0) is 6.07 Å². The summed E-state index contributed by atoms with van der Waals surface area (Å²) in [4.78, 5) is 19.0. The predicted molar refractivity (Wildman–Crippen MR) is 71.7 cm³/mol. The molecule has 6 heteroatoms. The van der Waals surface area contributed by atoms with Crippen molar-refractivity contribution >= 4 is 17.3 Å². The van der Waals surface area contributed by atoms with Gasteiger partial charge in [-0.1, -0.05) is 13.8 Å². The molecule has 100 valence electrons. The highest BCUT2D eigenvalue weighted by Crippen LogP contribution is 2.20. The minimum atomic E-state index is -1.000. The van der Waals surface area contributed by atoms with E-state index in [1.807, 2.05) is 5.38 Å². The number of ether oxygens (including phenoxy) is 1. The van der Waals surface area contributed by atoms with E-state index in [-0.39, 0.29) is 5.56 Å². The van der Waals surface area contributed by atoms with Crippen LogP contribution >= 0.6 is 11.3 Å². The van der Waals surface area contributed by atoms with Gasteiger partial charge in [0.2, 0.25) is 5.88 Å². The van der Waals surface area contributed by atoms with Crippen molar-refractivity contribution in [2.24, 2.45) is 0 Å². The fourth-order valence-corrected chi connectivity index (χ4v) is 2.21. The maximum absolute atomic E-state index is 10.7. The highest BCUT2D eigenvalue weighted by atomic mass is 32.1. The molecule has 2 rings (SSSR count). The maximum atomic E-state index is 10.7. The number of thiazole rings is 1. The van der Waals surface area contributed by atoms with Crippen LogP contribution in [0.15, 0.2) is 23.7 Å². The number of pyridine rings is 1. The Morgan fingerprint density at radius 2 is 2.26 bits per heavy atom. The van der Waals surface area contributed by atoms with Crippen molar-refractivity contribution in [3.63, 3.8) is 0 Å². The smallest absolute Gasteiger partial charge is 0.337 e. The third kappa shape index (κ3) is 3.51. The number of carboxylic acids is 1. The van der Waals surface area contributed by atoms with Crippen LogP contribution in [0.25, 0.3) is 0 Å². The molecule has 0 fully saturated rings. The monoisotopic (exact) mass is 278 g/mol. The molecule has 2 aromatic rings. The topological polar surface area (TPSA) is 72.3 Å². The Labute approximate surface area is 114 Å². The highest BCUT2D eigenvalue weighted by Gasteiger charge is 2.07. The Hall–Kier alpha value is -1.95. The van der Waals surface area contributed by atoms with E-state index in [1.54, 1.807) is 17.4 Å². The summed E-state index contributed by atoms with van der Waals surface area (Å²) in [5, 5.41) is 11.8. The first-order valence-corrected chi connectivity index (χ1v) is 6.70. The molecule has 0 aromatic carbocycles. The molecule has 0 aliphatic carbocycles. The first-order chi connectivity index (χ1) is 9.06. The SMILES string of the molecule is CC(C)c1nc(COc2ccc(C(=O)O)cn2)cs1. The predicted octanol–water partition coefficient (Wildman–Crippen LogP) is 2.94. The third-order valence-corrected chi connectivity index (χ3v) is 3.61. The lowest BCUT2D eigenvalue weighted by molar-refractivity contribution is 0.0696. The first-order valence-electron chi connectivity index (χ1n) is 5.82. The van der Waals surface area contributed by atoms with E-state index in [0.717, 1.165) is 10.7 Å². The van der Waals surface area contributed by atoms with E-state index >= 15 is 0 Å². The molecule has 0 unspecified atom stereocenters. The Balaban J connectivity index is 1.96. The number of rotatable bonds is 5. The van der Waals surface area contributed by atoms with Crippen molar-refractivity contribution in [1.82, 2.24) is 9.97 Å². The average Bonchev–Trinajstić information content (AvgIpc) is 2.86. The second-order valence-electron chi connectivity index (χ2n) is 4.31. The van der Waals surface area contributed by atoms with Crippen LogP contribution in [0.5, 0.6) is 5.88 Å². The van der Waals surface area contributed by atoms with Crippen molar-refractivity contribution in [2.45, 2.75) is 26.4 Å². The number of carbonyl (C=O) groups is 1. The molecule has 0 bridgehead atoms. The summed E-state index contributed by atoms with van der Waals surface area (Å²) >= 11 is 1.61. The quantitative estimate of drug-likeness (QED) is 0.910. The van der Waals surface area contributed by atoms with Crippen LogP contribution in [0.4, 0.5) is 0 Å². The number of aromatic nitrogens is 2. The molecule has 2 heterocycles. The van der Waals surface area contributed by atoms with Crippen LogP contribution in [0.3, 0.4) is 0 Å². The molecule has 1 N–H and O–H groups in total. The zero-order valence-electron chi connectivity index (χ0n) is 10.7. The minimum Gasteiger partial charge on any atom is -0.478 e. The van der Waals surface area contributed by atoms with E-state index in [9.17, 15) is 4.79 Å². The summed E-state index contributed by atoms with van der Waals surface area (Å²) in [7, 11) is 0. The van der Waals surface area contributed by atoms with Crippen LogP contribution in [0.1, 0.15) is 40.8 Å². The third-order valence-electron chi connectivity index (χ3n) is 2.41. The fourth-order valence-electron chi connectivity index (χ4n) is 1.39. The van der Waals surface area contributed by atoms with Crippen LogP contribution in [-0.2, 0) is 6.61 Å². The Bertz CT molecular complexity index is 564. The zero-order valence-corrected chi connectivity index (χ0v) is 11.5. The van der Waals surface area contributed by atoms with E-state index in [2.05, 4.69) is 23.8 Å². The molecule has 5 nitrogen and oxygen atoms in total. The number of aromatic carboxylic acids is 1. The van der Waals surface area contributed by atoms with Gasteiger partial charge in [-0.2, -0.15) is 0 Å². The molecule has 0 amide bonds. The molecule has 0 saturated carbocycles. The van der Waals surface area contributed by atoms with Gasteiger partial charge >= 0.3 is 5.97 Å². The van der Waals surface area contributed by atoms with Crippen molar-refractivity contribution in [3.05, 3.63) is 40.0 Å². The van der Waals surface area contributed by atoms with Gasteiger partial charge in [0.1, 0.15) is 6.61 Å². The van der Waals surface area contributed by atoms with E-state index in [4.69, 9.17) is 9.84 Å². The van der Waals surface area contributed by atoms with Gasteiger partial charge in [0.15, 0.2) is 0 Å². The van der Waals surface area contributed by atoms with Gasteiger partial charge in [0.05, 0.1) is 16.3 Å². The lowest BCUT2D eigenvalue weighted by Crippen LogP contribution is -2.01. The standard InChI is InChI=1S/C13H14N2O3S/c1-8(2)12-15-10(7-19-12)6-18-11-4-3-9(5-14-11)13(16)17/h3-5,7-8H,6H2,1-2H3,(H,16,17). The number of carboxylic acid groups (broad SMARTS) is 1. The molecule has 0 saturated heterocycles. The first kappa shape index (κ1) is 13.5. The van der Waals surface area contributed by atoms with Crippen LogP contribution in [0, 0.1) is 0 Å². The Morgan fingerprint density at radius 1 is 1.47 bits per heavy atom. The molecule has 0 radical (unpaired) electrons. The summed E-state index contributed by atoms with van der Waals surface area (Å²) in [6, 6.07) is 3.00. The molecule has 0 aliphatic rings. The van der Waals surface area contributed by atoms with Crippen molar-refractivity contribution in [3.8, 4) is 5.88 Å². The summed E-state index contributed by atoms with van der Waals surface area (Å²) in [6.07, 6.45) is 1.28. The van der Waals surface area contributed by atoms with Gasteiger partial charge in [-0.3, -0.25) is 0 Å². The summed E-state index contributed by atoms with van der Waals surface area (Å²) in [6.45, 7) is 4.52. The van der Waals surface area contributed by atoms with Gasteiger partial charge in [0.25, 0.3) is 0 Å². The number of hydrogen-bond acceptors (Lipinski definition) is 5. The molecule has 0 atom stereocenters. The molecule has 2 aromatic heterocycles. The lowest BCUT2D eigenvalue weighted by atomic mass is 10.2. The zero-order chi connectivity index (χ0) is 13.8. The number of hydrogen-bond donors (Lipinski definition) is 1. The number of nitrogens with zero attached hydrogens (tertiary/aromatic N) is 2. The second-order valence-corrected chi connectivity index (χ2v) is 5.20. The Morgan fingerprint density at radius 3 is 2.79 bits per heavy atom. The van der Waals surface area contributed by atoms with Gasteiger partial charge in [0, 0.05) is 23.6 Å². The Kier molecular flexibility index (Phi) is 4.11. The van der Waals surface area contributed by atoms with Gasteiger partial charge in [-0.15, -0.1) is 11.3 Å². The summed E-state index contributed by atoms with van der Waals surface area (Å²) < 4.78 is 5.46. The van der Waals surface area contributed by atoms with Crippen LogP contribution in [0.2, 0.25) is 0 Å². The molecule has 0 aliphatic heterocycles. The van der Waals surface area contributed by atoms with Crippen molar-refractivity contribution in [1.29, 1.82) is 0 Å². The van der Waals surface area contributed by atoms with E-state index < -0.39 is 5.97 Å². The maximum Gasteiger partial charge on any atom is 0.337 e. The highest BCUT2D eigenvalue weighted by molar-refractivity contribution is 7.09. The van der Waals surface area contributed by atoms with Crippen LogP contribution < -0.4 is 4.74 Å². The van der Waals surface area contributed by atoms with Gasteiger partial charge < -0.3 is 9.84 Å².